The van der Waals surface area contributed by atoms with Crippen LogP contribution < -0.4 is 4.74 Å². The van der Waals surface area contributed by atoms with E-state index in [0.717, 1.165) is 36.1 Å². The summed E-state index contributed by atoms with van der Waals surface area (Å²) in [7, 11) is 1.61. The Morgan fingerprint density at radius 3 is 2.56 bits per heavy atom. The minimum absolute atomic E-state index is 0.0909. The molecule has 1 aliphatic heterocycles. The SMILES string of the molecule is CCCCCN1C(=O)C(=O)/C(=C(/O)c2cc(C(C)C)c(OC)cc2C)C1c1ccccn1. The number of pyridine rings is 1. The highest BCUT2D eigenvalue weighted by atomic mass is 16.5. The molecule has 1 atom stereocenters. The lowest BCUT2D eigenvalue weighted by atomic mass is 9.92. The summed E-state index contributed by atoms with van der Waals surface area (Å²) < 4.78 is 5.51. The van der Waals surface area contributed by atoms with Gasteiger partial charge in [-0.1, -0.05) is 39.7 Å². The Hall–Kier alpha value is -3.15. The number of ketones is 1. The van der Waals surface area contributed by atoms with E-state index in [1.165, 1.54) is 0 Å². The van der Waals surface area contributed by atoms with Crippen LogP contribution in [0.3, 0.4) is 0 Å². The van der Waals surface area contributed by atoms with E-state index in [2.05, 4.69) is 11.9 Å². The van der Waals surface area contributed by atoms with Crippen LogP contribution in [0.1, 0.15) is 74.4 Å². The number of ether oxygens (including phenoxy) is 1. The third kappa shape index (κ3) is 4.40. The number of methoxy groups -OCH3 is 1. The van der Waals surface area contributed by atoms with Crippen LogP contribution in [0.5, 0.6) is 5.75 Å². The summed E-state index contributed by atoms with van der Waals surface area (Å²) >= 11 is 0. The van der Waals surface area contributed by atoms with Crippen LogP contribution in [0.15, 0.2) is 42.1 Å². The first kappa shape index (κ1) is 23.5. The molecule has 1 saturated heterocycles. The Bertz CT molecular complexity index is 1030. The maximum Gasteiger partial charge on any atom is 0.295 e. The number of nitrogens with zero attached hydrogens (tertiary/aromatic N) is 2. The molecule has 1 aliphatic rings. The van der Waals surface area contributed by atoms with E-state index in [1.807, 2.05) is 39.0 Å². The Labute approximate surface area is 189 Å². The molecule has 0 saturated carbocycles. The first-order chi connectivity index (χ1) is 15.3. The molecule has 0 aliphatic carbocycles. The zero-order chi connectivity index (χ0) is 23.4. The van der Waals surface area contributed by atoms with E-state index >= 15 is 0 Å². The molecule has 1 aromatic heterocycles. The van der Waals surface area contributed by atoms with Crippen LogP contribution in [0.25, 0.3) is 5.76 Å². The van der Waals surface area contributed by atoms with Crippen LogP contribution in [-0.4, -0.2) is 40.3 Å². The second-order valence-corrected chi connectivity index (χ2v) is 8.52. The Kier molecular flexibility index (Phi) is 7.33. The number of Topliss-reactive ketones (excluding diaryl/α,β-unsaturated/α-hetero) is 1. The number of benzene rings is 1. The number of rotatable bonds is 8. The molecule has 2 aromatic rings. The predicted octanol–water partition coefficient (Wildman–Crippen LogP) is 5.13. The molecule has 0 bridgehead atoms. The number of likely N-dealkylation sites (tertiary alicyclic amines) is 1. The molecule has 2 heterocycles. The summed E-state index contributed by atoms with van der Waals surface area (Å²) in [6.45, 7) is 8.46. The highest BCUT2D eigenvalue weighted by molar-refractivity contribution is 6.46. The number of carbonyl (C=O) groups is 2. The number of hydrogen-bond donors (Lipinski definition) is 1. The molecule has 1 aromatic carbocycles. The minimum Gasteiger partial charge on any atom is -0.507 e. The summed E-state index contributed by atoms with van der Waals surface area (Å²) in [5.74, 6) is -0.543. The van der Waals surface area contributed by atoms with Crippen molar-refractivity contribution in [1.29, 1.82) is 0 Å². The summed E-state index contributed by atoms with van der Waals surface area (Å²) in [6, 6.07) is 8.40. The van der Waals surface area contributed by atoms with Gasteiger partial charge in [-0.15, -0.1) is 0 Å². The molecule has 6 nitrogen and oxygen atoms in total. The van der Waals surface area contributed by atoms with E-state index in [1.54, 1.807) is 30.3 Å². The molecule has 1 amide bonds. The highest BCUT2D eigenvalue weighted by Crippen LogP contribution is 2.40. The predicted molar refractivity (Wildman–Crippen MR) is 125 cm³/mol. The number of unbranched alkanes of at least 4 members (excludes halogenated alkanes) is 2. The van der Waals surface area contributed by atoms with Crippen molar-refractivity contribution in [1.82, 2.24) is 9.88 Å². The summed E-state index contributed by atoms with van der Waals surface area (Å²) in [5.41, 5.74) is 2.88. The van der Waals surface area contributed by atoms with Crippen molar-refractivity contribution in [3.05, 3.63) is 64.5 Å². The van der Waals surface area contributed by atoms with Gasteiger partial charge in [0, 0.05) is 18.3 Å². The highest BCUT2D eigenvalue weighted by Gasteiger charge is 2.46. The Balaban J connectivity index is 2.19. The molecule has 3 rings (SSSR count). The average molecular weight is 437 g/mol. The van der Waals surface area contributed by atoms with Crippen molar-refractivity contribution < 1.29 is 19.4 Å². The van der Waals surface area contributed by atoms with E-state index in [4.69, 9.17) is 4.74 Å². The van der Waals surface area contributed by atoms with Gasteiger partial charge < -0.3 is 14.7 Å². The fourth-order valence-corrected chi connectivity index (χ4v) is 4.21. The smallest absolute Gasteiger partial charge is 0.295 e. The monoisotopic (exact) mass is 436 g/mol. The zero-order valence-electron chi connectivity index (χ0n) is 19.5. The molecule has 1 fully saturated rings. The van der Waals surface area contributed by atoms with Crippen molar-refractivity contribution >= 4 is 17.4 Å². The molecular formula is C26H32N2O4. The number of amides is 1. The van der Waals surface area contributed by atoms with Gasteiger partial charge in [-0.05, 0) is 54.7 Å². The van der Waals surface area contributed by atoms with Gasteiger partial charge in [-0.2, -0.15) is 0 Å². The quantitative estimate of drug-likeness (QED) is 0.268. The Morgan fingerprint density at radius 1 is 1.22 bits per heavy atom. The lowest BCUT2D eigenvalue weighted by Crippen LogP contribution is -2.31. The maximum absolute atomic E-state index is 13.1. The molecule has 0 spiro atoms. The first-order valence-electron chi connectivity index (χ1n) is 11.2. The van der Waals surface area contributed by atoms with Gasteiger partial charge in [-0.3, -0.25) is 14.6 Å². The fourth-order valence-electron chi connectivity index (χ4n) is 4.21. The number of hydrogen-bond acceptors (Lipinski definition) is 5. The molecule has 32 heavy (non-hydrogen) atoms. The minimum atomic E-state index is -0.711. The largest absolute Gasteiger partial charge is 0.507 e. The van der Waals surface area contributed by atoms with Crippen LogP contribution in [-0.2, 0) is 9.59 Å². The van der Waals surface area contributed by atoms with Crippen molar-refractivity contribution in [3.63, 3.8) is 0 Å². The van der Waals surface area contributed by atoms with Crippen molar-refractivity contribution in [2.75, 3.05) is 13.7 Å². The van der Waals surface area contributed by atoms with Gasteiger partial charge in [0.25, 0.3) is 11.7 Å². The molecular weight excluding hydrogens is 404 g/mol. The molecule has 6 heteroatoms. The lowest BCUT2D eigenvalue weighted by Gasteiger charge is -2.24. The van der Waals surface area contributed by atoms with Gasteiger partial charge in [0.15, 0.2) is 0 Å². The zero-order valence-corrected chi connectivity index (χ0v) is 19.5. The topological polar surface area (TPSA) is 79.7 Å². The lowest BCUT2D eigenvalue weighted by molar-refractivity contribution is -0.140. The summed E-state index contributed by atoms with van der Waals surface area (Å²) in [4.78, 5) is 32.1. The van der Waals surface area contributed by atoms with E-state index < -0.39 is 17.7 Å². The van der Waals surface area contributed by atoms with Gasteiger partial charge in [0.1, 0.15) is 17.6 Å². The Morgan fingerprint density at radius 2 is 1.97 bits per heavy atom. The van der Waals surface area contributed by atoms with Crippen LogP contribution >= 0.6 is 0 Å². The van der Waals surface area contributed by atoms with E-state index in [0.29, 0.717) is 17.8 Å². The van der Waals surface area contributed by atoms with Gasteiger partial charge in [0.05, 0.1) is 18.4 Å². The van der Waals surface area contributed by atoms with Gasteiger partial charge in [-0.25, -0.2) is 0 Å². The van der Waals surface area contributed by atoms with Gasteiger partial charge in [0.2, 0.25) is 0 Å². The van der Waals surface area contributed by atoms with Crippen LogP contribution in [0.2, 0.25) is 0 Å². The van der Waals surface area contributed by atoms with Crippen molar-refractivity contribution in [3.8, 4) is 5.75 Å². The number of aryl methyl sites for hydroxylation is 1. The standard InChI is InChI=1S/C26H32N2O4/c1-6-7-10-13-28-23(20-11-8-9-12-27-20)22(25(30)26(28)31)24(29)19-15-18(16(2)3)21(32-5)14-17(19)4/h8-9,11-12,14-16,23,29H,6-7,10,13H2,1-5H3/b24-22+. The molecule has 1 unspecified atom stereocenters. The second kappa shape index (κ2) is 9.98. The molecule has 1 N–H and O–H groups in total. The van der Waals surface area contributed by atoms with Crippen LogP contribution in [0, 0.1) is 6.92 Å². The number of aliphatic hydroxyl groups is 1. The number of aliphatic hydroxyl groups excluding tert-OH is 1. The second-order valence-electron chi connectivity index (χ2n) is 8.52. The third-order valence-electron chi connectivity index (χ3n) is 5.96. The van der Waals surface area contributed by atoms with E-state index in [-0.39, 0.29) is 17.3 Å². The fraction of sp³-hybridized carbons (Fsp3) is 0.423. The molecule has 170 valence electrons. The normalized spacial score (nSPS) is 17.9. The van der Waals surface area contributed by atoms with Crippen molar-refractivity contribution in [2.24, 2.45) is 0 Å². The van der Waals surface area contributed by atoms with E-state index in [9.17, 15) is 14.7 Å². The third-order valence-corrected chi connectivity index (χ3v) is 5.96. The van der Waals surface area contributed by atoms with Crippen LogP contribution in [0.4, 0.5) is 0 Å². The molecule has 0 radical (unpaired) electrons. The number of aromatic nitrogens is 1. The average Bonchev–Trinajstić information content (AvgIpc) is 3.04. The van der Waals surface area contributed by atoms with Gasteiger partial charge >= 0.3 is 0 Å². The van der Waals surface area contributed by atoms with Crippen molar-refractivity contribution in [2.45, 2.75) is 58.9 Å². The number of carbonyl (C=O) groups excluding carboxylic acids is 2. The summed E-state index contributed by atoms with van der Waals surface area (Å²) in [5, 5.41) is 11.4. The maximum atomic E-state index is 13.1. The summed E-state index contributed by atoms with van der Waals surface area (Å²) in [6.07, 6.45) is 4.37. The first-order valence-corrected chi connectivity index (χ1v) is 11.2.